The van der Waals surface area contributed by atoms with E-state index in [-0.39, 0.29) is 18.2 Å². The Bertz CT molecular complexity index is 729. The molecule has 0 bridgehead atoms. The lowest BCUT2D eigenvalue weighted by molar-refractivity contribution is -0.384. The van der Waals surface area contributed by atoms with Gasteiger partial charge in [0.2, 0.25) is 0 Å². The molecule has 27 heavy (non-hydrogen) atoms. The Balaban J connectivity index is 1.72. The van der Waals surface area contributed by atoms with Gasteiger partial charge in [0.1, 0.15) is 11.5 Å². The number of unbranched alkanes of at least 4 members (excludes halogenated alkanes) is 3. The van der Waals surface area contributed by atoms with Crippen molar-refractivity contribution in [2.75, 3.05) is 18.5 Å². The minimum Gasteiger partial charge on any atom is -0.494 e. The molecule has 0 heterocycles. The first-order chi connectivity index (χ1) is 13.1. The molecule has 144 valence electrons. The number of hydrogen-bond acceptors (Lipinski definition) is 5. The number of benzene rings is 2. The van der Waals surface area contributed by atoms with Gasteiger partial charge in [-0.15, -0.1) is 0 Å². The SMILES string of the molecule is CCCCCCOc1ccc(NC(=O)COc2ccc([N+](=O)[O-])cc2)cc1. The fourth-order valence-electron chi connectivity index (χ4n) is 2.36. The summed E-state index contributed by atoms with van der Waals surface area (Å²) in [6.45, 7) is 2.67. The van der Waals surface area contributed by atoms with Crippen LogP contribution >= 0.6 is 0 Å². The van der Waals surface area contributed by atoms with Crippen molar-refractivity contribution in [2.24, 2.45) is 0 Å². The van der Waals surface area contributed by atoms with Gasteiger partial charge in [-0.25, -0.2) is 0 Å². The Hall–Kier alpha value is -3.09. The van der Waals surface area contributed by atoms with Gasteiger partial charge >= 0.3 is 0 Å². The quantitative estimate of drug-likeness (QED) is 0.354. The van der Waals surface area contributed by atoms with Gasteiger partial charge in [0.05, 0.1) is 11.5 Å². The number of nitro groups is 1. The summed E-state index contributed by atoms with van der Waals surface area (Å²) in [5.41, 5.74) is 0.616. The molecule has 1 amide bonds. The lowest BCUT2D eigenvalue weighted by Gasteiger charge is -2.09. The maximum atomic E-state index is 11.9. The number of amides is 1. The molecular formula is C20H24N2O5. The molecule has 1 N–H and O–H groups in total. The molecule has 0 radical (unpaired) electrons. The van der Waals surface area contributed by atoms with Crippen molar-refractivity contribution in [3.05, 3.63) is 58.6 Å². The first-order valence-corrected chi connectivity index (χ1v) is 8.98. The Morgan fingerprint density at radius 3 is 2.22 bits per heavy atom. The number of ether oxygens (including phenoxy) is 2. The van der Waals surface area contributed by atoms with Gasteiger partial charge in [-0.3, -0.25) is 14.9 Å². The van der Waals surface area contributed by atoms with Gasteiger partial charge in [-0.05, 0) is 42.8 Å². The van der Waals surface area contributed by atoms with Crippen molar-refractivity contribution in [2.45, 2.75) is 32.6 Å². The molecule has 2 rings (SSSR count). The first-order valence-electron chi connectivity index (χ1n) is 8.98. The monoisotopic (exact) mass is 372 g/mol. The van der Waals surface area contributed by atoms with Crippen molar-refractivity contribution < 1.29 is 19.2 Å². The minimum absolute atomic E-state index is 0.0283. The van der Waals surface area contributed by atoms with Gasteiger partial charge in [0, 0.05) is 17.8 Å². The molecule has 7 nitrogen and oxygen atoms in total. The molecule has 7 heteroatoms. The van der Waals surface area contributed by atoms with E-state index in [1.54, 1.807) is 12.1 Å². The number of nitrogens with one attached hydrogen (secondary N) is 1. The van der Waals surface area contributed by atoms with Crippen molar-refractivity contribution in [1.82, 2.24) is 0 Å². The molecular weight excluding hydrogens is 348 g/mol. The number of carbonyl (C=O) groups is 1. The van der Waals surface area contributed by atoms with E-state index in [4.69, 9.17) is 9.47 Å². The molecule has 2 aromatic rings. The second-order valence-corrected chi connectivity index (χ2v) is 6.02. The molecule has 0 fully saturated rings. The smallest absolute Gasteiger partial charge is 0.269 e. The zero-order chi connectivity index (χ0) is 19.5. The number of rotatable bonds is 11. The summed E-state index contributed by atoms with van der Waals surface area (Å²) in [5, 5.41) is 13.3. The zero-order valence-corrected chi connectivity index (χ0v) is 15.3. The summed E-state index contributed by atoms with van der Waals surface area (Å²) in [6.07, 6.45) is 4.62. The van der Waals surface area contributed by atoms with Crippen LogP contribution in [-0.2, 0) is 4.79 Å². The summed E-state index contributed by atoms with van der Waals surface area (Å²) < 4.78 is 11.0. The van der Waals surface area contributed by atoms with Crippen LogP contribution in [0.25, 0.3) is 0 Å². The summed E-state index contributed by atoms with van der Waals surface area (Å²) >= 11 is 0. The Morgan fingerprint density at radius 1 is 0.963 bits per heavy atom. The maximum Gasteiger partial charge on any atom is 0.269 e. The zero-order valence-electron chi connectivity index (χ0n) is 15.3. The lowest BCUT2D eigenvalue weighted by atomic mass is 10.2. The van der Waals surface area contributed by atoms with E-state index in [0.29, 0.717) is 18.0 Å². The van der Waals surface area contributed by atoms with Crippen LogP contribution in [0, 0.1) is 10.1 Å². The summed E-state index contributed by atoms with van der Waals surface area (Å²) in [4.78, 5) is 22.0. The Kier molecular flexibility index (Phi) is 8.09. The molecule has 0 spiro atoms. The normalized spacial score (nSPS) is 10.3. The van der Waals surface area contributed by atoms with Crippen molar-refractivity contribution >= 4 is 17.3 Å². The van der Waals surface area contributed by atoms with Gasteiger partial charge in [-0.1, -0.05) is 26.2 Å². The first kappa shape index (κ1) is 20.2. The highest BCUT2D eigenvalue weighted by Crippen LogP contribution is 2.18. The molecule has 2 aromatic carbocycles. The molecule has 0 aliphatic heterocycles. The summed E-state index contributed by atoms with van der Waals surface area (Å²) in [6, 6.07) is 12.7. The number of non-ortho nitro benzene ring substituents is 1. The second-order valence-electron chi connectivity index (χ2n) is 6.02. The van der Waals surface area contributed by atoms with E-state index in [1.807, 2.05) is 12.1 Å². The number of nitro benzene ring substituents is 1. The van der Waals surface area contributed by atoms with Crippen LogP contribution in [0.15, 0.2) is 48.5 Å². The standard InChI is InChI=1S/C20H24N2O5/c1-2-3-4-5-14-26-18-10-6-16(7-11-18)21-20(23)15-27-19-12-8-17(9-13-19)22(24)25/h6-13H,2-5,14-15H2,1H3,(H,21,23). The Labute approximate surface area is 158 Å². The number of carbonyl (C=O) groups excluding carboxylic acids is 1. The highest BCUT2D eigenvalue weighted by molar-refractivity contribution is 5.91. The largest absolute Gasteiger partial charge is 0.494 e. The molecule has 0 aliphatic rings. The van der Waals surface area contributed by atoms with E-state index in [9.17, 15) is 14.9 Å². The second kappa shape index (κ2) is 10.8. The van der Waals surface area contributed by atoms with E-state index >= 15 is 0 Å². The van der Waals surface area contributed by atoms with E-state index in [1.165, 1.54) is 43.5 Å². The third kappa shape index (κ3) is 7.35. The third-order valence-electron chi connectivity index (χ3n) is 3.82. The van der Waals surface area contributed by atoms with Crippen LogP contribution in [0.3, 0.4) is 0 Å². The molecule has 0 saturated heterocycles. The average molecular weight is 372 g/mol. The molecule has 0 unspecified atom stereocenters. The fraction of sp³-hybridized carbons (Fsp3) is 0.350. The van der Waals surface area contributed by atoms with E-state index in [2.05, 4.69) is 12.2 Å². The fourth-order valence-corrected chi connectivity index (χ4v) is 2.36. The molecule has 0 aromatic heterocycles. The lowest BCUT2D eigenvalue weighted by Crippen LogP contribution is -2.20. The molecule has 0 atom stereocenters. The van der Waals surface area contributed by atoms with Crippen LogP contribution in [0.2, 0.25) is 0 Å². The van der Waals surface area contributed by atoms with Crippen LogP contribution in [0.4, 0.5) is 11.4 Å². The third-order valence-corrected chi connectivity index (χ3v) is 3.82. The summed E-state index contributed by atoms with van der Waals surface area (Å²) in [5.74, 6) is 0.843. The number of nitrogens with zero attached hydrogens (tertiary/aromatic N) is 1. The van der Waals surface area contributed by atoms with Gasteiger partial charge in [0.25, 0.3) is 11.6 Å². The maximum absolute atomic E-state index is 11.9. The number of anilines is 1. The van der Waals surface area contributed by atoms with Gasteiger partial charge in [0.15, 0.2) is 6.61 Å². The van der Waals surface area contributed by atoms with Crippen molar-refractivity contribution in [3.63, 3.8) is 0 Å². The topological polar surface area (TPSA) is 90.7 Å². The van der Waals surface area contributed by atoms with E-state index in [0.717, 1.165) is 12.2 Å². The summed E-state index contributed by atoms with van der Waals surface area (Å²) in [7, 11) is 0. The minimum atomic E-state index is -0.491. The molecule has 0 aliphatic carbocycles. The van der Waals surface area contributed by atoms with Crippen LogP contribution in [0.5, 0.6) is 11.5 Å². The van der Waals surface area contributed by atoms with E-state index < -0.39 is 4.92 Å². The van der Waals surface area contributed by atoms with Crippen LogP contribution in [-0.4, -0.2) is 24.0 Å². The Morgan fingerprint density at radius 2 is 1.59 bits per heavy atom. The molecule has 0 saturated carbocycles. The highest BCUT2D eigenvalue weighted by atomic mass is 16.6. The van der Waals surface area contributed by atoms with Gasteiger partial charge < -0.3 is 14.8 Å². The van der Waals surface area contributed by atoms with Crippen molar-refractivity contribution in [3.8, 4) is 11.5 Å². The van der Waals surface area contributed by atoms with Crippen molar-refractivity contribution in [1.29, 1.82) is 0 Å². The predicted octanol–water partition coefficient (Wildman–Crippen LogP) is 4.57. The predicted molar refractivity (Wildman–Crippen MR) is 103 cm³/mol. The van der Waals surface area contributed by atoms with Crippen LogP contribution < -0.4 is 14.8 Å². The highest BCUT2D eigenvalue weighted by Gasteiger charge is 2.07. The number of hydrogen-bond donors (Lipinski definition) is 1. The van der Waals surface area contributed by atoms with Crippen LogP contribution in [0.1, 0.15) is 32.6 Å². The average Bonchev–Trinajstić information content (AvgIpc) is 2.68. The van der Waals surface area contributed by atoms with Gasteiger partial charge in [-0.2, -0.15) is 0 Å².